The summed E-state index contributed by atoms with van der Waals surface area (Å²) in [5.41, 5.74) is 6.13. The summed E-state index contributed by atoms with van der Waals surface area (Å²) in [5, 5.41) is 11.0. The standard InChI is InChI=1S/C10H11BrF2N2O2/c11-6-1-5(2-7(14)3-6)10(17)15-4-8(16)9(12)13/h1-3,8-9,16H,4,14H2,(H,15,17). The number of hydrogen-bond donors (Lipinski definition) is 3. The maximum atomic E-state index is 12.0. The number of aliphatic hydroxyl groups is 1. The molecule has 0 aliphatic rings. The number of nitrogen functional groups attached to an aromatic ring is 1. The van der Waals surface area contributed by atoms with E-state index >= 15 is 0 Å². The van der Waals surface area contributed by atoms with Crippen molar-refractivity contribution in [3.8, 4) is 0 Å². The Morgan fingerprint density at radius 1 is 1.47 bits per heavy atom. The van der Waals surface area contributed by atoms with Crippen LogP contribution in [0, 0.1) is 0 Å². The van der Waals surface area contributed by atoms with E-state index in [0.29, 0.717) is 10.2 Å². The van der Waals surface area contributed by atoms with Gasteiger partial charge in [0.15, 0.2) is 0 Å². The Bertz CT molecular complexity index is 395. The van der Waals surface area contributed by atoms with Crippen LogP contribution in [0.4, 0.5) is 14.5 Å². The maximum absolute atomic E-state index is 12.0. The van der Waals surface area contributed by atoms with Crippen molar-refractivity contribution >= 4 is 27.5 Å². The zero-order chi connectivity index (χ0) is 13.0. The Labute approximate surface area is 105 Å². The number of anilines is 1. The summed E-state index contributed by atoms with van der Waals surface area (Å²) in [6, 6.07) is 4.51. The van der Waals surface area contributed by atoms with Crippen LogP contribution < -0.4 is 11.1 Å². The minimum atomic E-state index is -2.89. The fourth-order valence-electron chi connectivity index (χ4n) is 1.13. The predicted octanol–water partition coefficient (Wildman–Crippen LogP) is 1.39. The fraction of sp³-hybridized carbons (Fsp3) is 0.300. The fourth-order valence-corrected chi connectivity index (χ4v) is 1.64. The molecule has 0 fully saturated rings. The van der Waals surface area contributed by atoms with Gasteiger partial charge in [-0.05, 0) is 18.2 Å². The van der Waals surface area contributed by atoms with Gasteiger partial charge in [-0.15, -0.1) is 0 Å². The second-order valence-electron chi connectivity index (χ2n) is 3.39. The van der Waals surface area contributed by atoms with Crippen molar-refractivity contribution in [2.75, 3.05) is 12.3 Å². The van der Waals surface area contributed by atoms with E-state index in [1.54, 1.807) is 6.07 Å². The van der Waals surface area contributed by atoms with E-state index in [-0.39, 0.29) is 5.56 Å². The molecule has 1 atom stereocenters. The lowest BCUT2D eigenvalue weighted by Crippen LogP contribution is -2.35. The highest BCUT2D eigenvalue weighted by Gasteiger charge is 2.18. The van der Waals surface area contributed by atoms with E-state index in [1.807, 2.05) is 0 Å². The van der Waals surface area contributed by atoms with Crippen molar-refractivity contribution in [2.45, 2.75) is 12.5 Å². The first-order chi connectivity index (χ1) is 7.90. The minimum Gasteiger partial charge on any atom is -0.399 e. The maximum Gasteiger partial charge on any atom is 0.265 e. The molecular weight excluding hydrogens is 298 g/mol. The van der Waals surface area contributed by atoms with Gasteiger partial charge in [-0.25, -0.2) is 8.78 Å². The summed E-state index contributed by atoms with van der Waals surface area (Å²) in [7, 11) is 0. The zero-order valence-corrected chi connectivity index (χ0v) is 10.2. The van der Waals surface area contributed by atoms with Crippen LogP contribution >= 0.6 is 15.9 Å². The van der Waals surface area contributed by atoms with E-state index in [2.05, 4.69) is 21.2 Å². The van der Waals surface area contributed by atoms with Gasteiger partial charge in [0, 0.05) is 22.3 Å². The lowest BCUT2D eigenvalue weighted by Gasteiger charge is -2.11. The molecule has 1 rings (SSSR count). The first-order valence-corrected chi connectivity index (χ1v) is 5.50. The van der Waals surface area contributed by atoms with Crippen molar-refractivity contribution in [3.63, 3.8) is 0 Å². The molecular formula is C10H11BrF2N2O2. The van der Waals surface area contributed by atoms with Gasteiger partial charge in [0.25, 0.3) is 12.3 Å². The molecule has 7 heteroatoms. The first kappa shape index (κ1) is 13.9. The Balaban J connectivity index is 2.64. The normalized spacial score (nSPS) is 12.5. The van der Waals surface area contributed by atoms with Crippen molar-refractivity contribution in [1.29, 1.82) is 0 Å². The molecule has 0 bridgehead atoms. The van der Waals surface area contributed by atoms with Crippen LogP contribution in [0.5, 0.6) is 0 Å². The molecule has 1 amide bonds. The number of benzene rings is 1. The van der Waals surface area contributed by atoms with Crippen molar-refractivity contribution in [1.82, 2.24) is 5.32 Å². The average molecular weight is 309 g/mol. The molecule has 0 radical (unpaired) electrons. The number of rotatable bonds is 4. The summed E-state index contributed by atoms with van der Waals surface area (Å²) < 4.78 is 24.6. The van der Waals surface area contributed by atoms with E-state index in [1.165, 1.54) is 12.1 Å². The van der Waals surface area contributed by atoms with Gasteiger partial charge < -0.3 is 16.2 Å². The van der Waals surface area contributed by atoms with Crippen LogP contribution in [-0.4, -0.2) is 30.1 Å². The Kier molecular flexibility index (Phi) is 4.83. The van der Waals surface area contributed by atoms with Crippen molar-refractivity contribution in [3.05, 3.63) is 28.2 Å². The van der Waals surface area contributed by atoms with Crippen molar-refractivity contribution in [2.24, 2.45) is 0 Å². The number of hydrogen-bond acceptors (Lipinski definition) is 3. The minimum absolute atomic E-state index is 0.235. The highest BCUT2D eigenvalue weighted by atomic mass is 79.9. The number of aliphatic hydroxyl groups excluding tert-OH is 1. The van der Waals surface area contributed by atoms with Crippen LogP contribution in [0.2, 0.25) is 0 Å². The summed E-state index contributed by atoms with van der Waals surface area (Å²) in [6.45, 7) is -0.511. The number of carbonyl (C=O) groups excluding carboxylic acids is 1. The summed E-state index contributed by atoms with van der Waals surface area (Å²) >= 11 is 3.16. The second-order valence-corrected chi connectivity index (χ2v) is 4.30. The average Bonchev–Trinajstić information content (AvgIpc) is 2.23. The molecule has 94 valence electrons. The molecule has 0 heterocycles. The third-order valence-corrected chi connectivity index (χ3v) is 2.40. The quantitative estimate of drug-likeness (QED) is 0.736. The molecule has 17 heavy (non-hydrogen) atoms. The number of nitrogens with one attached hydrogen (secondary N) is 1. The smallest absolute Gasteiger partial charge is 0.265 e. The Hall–Kier alpha value is -1.21. The second kappa shape index (κ2) is 5.92. The molecule has 1 aromatic rings. The molecule has 0 aliphatic heterocycles. The van der Waals surface area contributed by atoms with Crippen LogP contribution in [0.15, 0.2) is 22.7 Å². The third kappa shape index (κ3) is 4.27. The molecule has 0 aromatic heterocycles. The van der Waals surface area contributed by atoms with Crippen LogP contribution in [0.25, 0.3) is 0 Å². The molecule has 1 unspecified atom stereocenters. The number of nitrogens with two attached hydrogens (primary N) is 1. The predicted molar refractivity (Wildman–Crippen MR) is 62.9 cm³/mol. The van der Waals surface area contributed by atoms with Crippen molar-refractivity contribution < 1.29 is 18.7 Å². The van der Waals surface area contributed by atoms with E-state index < -0.39 is 25.0 Å². The van der Waals surface area contributed by atoms with Crippen LogP contribution in [0.1, 0.15) is 10.4 Å². The van der Waals surface area contributed by atoms with Gasteiger partial charge in [-0.1, -0.05) is 15.9 Å². The number of alkyl halides is 2. The highest BCUT2D eigenvalue weighted by Crippen LogP contribution is 2.17. The SMILES string of the molecule is Nc1cc(Br)cc(C(=O)NCC(O)C(F)F)c1. The molecule has 0 aliphatic carbocycles. The Morgan fingerprint density at radius 2 is 2.12 bits per heavy atom. The zero-order valence-electron chi connectivity index (χ0n) is 8.66. The molecule has 0 saturated carbocycles. The number of amides is 1. The van der Waals surface area contributed by atoms with Gasteiger partial charge in [0.05, 0.1) is 0 Å². The lowest BCUT2D eigenvalue weighted by atomic mass is 10.2. The molecule has 4 nitrogen and oxygen atoms in total. The Morgan fingerprint density at radius 3 is 2.65 bits per heavy atom. The first-order valence-electron chi connectivity index (χ1n) is 4.70. The van der Waals surface area contributed by atoms with Gasteiger partial charge in [-0.2, -0.15) is 0 Å². The van der Waals surface area contributed by atoms with Gasteiger partial charge in [0.1, 0.15) is 6.10 Å². The number of carbonyl (C=O) groups is 1. The monoisotopic (exact) mass is 308 g/mol. The van der Waals surface area contributed by atoms with E-state index in [4.69, 9.17) is 10.8 Å². The molecule has 1 aromatic carbocycles. The third-order valence-electron chi connectivity index (χ3n) is 1.94. The molecule has 0 spiro atoms. The molecule has 0 saturated heterocycles. The van der Waals surface area contributed by atoms with E-state index in [0.717, 1.165) is 0 Å². The molecule has 4 N–H and O–H groups in total. The highest BCUT2D eigenvalue weighted by molar-refractivity contribution is 9.10. The summed E-state index contributed by atoms with van der Waals surface area (Å²) in [6.07, 6.45) is -4.76. The lowest BCUT2D eigenvalue weighted by molar-refractivity contribution is -0.00270. The van der Waals surface area contributed by atoms with Gasteiger partial charge in [0.2, 0.25) is 0 Å². The summed E-state index contributed by atoms with van der Waals surface area (Å²) in [5.74, 6) is -0.572. The summed E-state index contributed by atoms with van der Waals surface area (Å²) in [4.78, 5) is 11.5. The van der Waals surface area contributed by atoms with E-state index in [9.17, 15) is 13.6 Å². The van der Waals surface area contributed by atoms with Gasteiger partial charge in [-0.3, -0.25) is 4.79 Å². The van der Waals surface area contributed by atoms with Gasteiger partial charge >= 0.3 is 0 Å². The topological polar surface area (TPSA) is 75.4 Å². The number of halogens is 3. The largest absolute Gasteiger partial charge is 0.399 e. The van der Waals surface area contributed by atoms with Crippen LogP contribution in [-0.2, 0) is 0 Å². The van der Waals surface area contributed by atoms with Crippen LogP contribution in [0.3, 0.4) is 0 Å².